The fourth-order valence-electron chi connectivity index (χ4n) is 2.59. The van der Waals surface area contributed by atoms with Gasteiger partial charge < -0.3 is 4.90 Å². The van der Waals surface area contributed by atoms with E-state index in [1.807, 2.05) is 0 Å². The Morgan fingerprint density at radius 1 is 1.15 bits per heavy atom. The summed E-state index contributed by atoms with van der Waals surface area (Å²) >= 11 is 1.56. The second-order valence-electron chi connectivity index (χ2n) is 5.16. The summed E-state index contributed by atoms with van der Waals surface area (Å²) in [7, 11) is 0. The summed E-state index contributed by atoms with van der Waals surface area (Å²) in [6.07, 6.45) is 6.31. The molecule has 1 fully saturated rings. The number of aromatic nitrogens is 1. The molecular weight excluding hydrogens is 274 g/mol. The number of nitro benzene ring substituents is 1. The first-order valence-corrected chi connectivity index (χ1v) is 7.85. The van der Waals surface area contributed by atoms with Gasteiger partial charge in [-0.3, -0.25) is 10.1 Å². The number of rotatable bonds is 2. The van der Waals surface area contributed by atoms with Gasteiger partial charge in [0.1, 0.15) is 0 Å². The number of fused-ring (bicyclic) bond motifs is 1. The summed E-state index contributed by atoms with van der Waals surface area (Å²) in [5.74, 6) is 0. The molecule has 6 heteroatoms. The average molecular weight is 291 g/mol. The zero-order valence-corrected chi connectivity index (χ0v) is 12.1. The molecule has 0 atom stereocenters. The molecule has 0 radical (unpaired) electrons. The van der Waals surface area contributed by atoms with Crippen LogP contribution in [0.5, 0.6) is 0 Å². The van der Waals surface area contributed by atoms with E-state index in [1.165, 1.54) is 38.2 Å². The predicted molar refractivity (Wildman–Crippen MR) is 81.6 cm³/mol. The summed E-state index contributed by atoms with van der Waals surface area (Å²) in [6, 6.07) is 4.90. The Labute approximate surface area is 121 Å². The molecule has 0 unspecified atom stereocenters. The number of nitrogens with zero attached hydrogens (tertiary/aromatic N) is 3. The van der Waals surface area contributed by atoms with E-state index in [4.69, 9.17) is 0 Å². The van der Waals surface area contributed by atoms with E-state index in [9.17, 15) is 10.1 Å². The molecule has 2 heterocycles. The van der Waals surface area contributed by atoms with Gasteiger partial charge in [0.25, 0.3) is 5.69 Å². The first-order chi connectivity index (χ1) is 9.74. The van der Waals surface area contributed by atoms with Gasteiger partial charge in [-0.25, -0.2) is 4.98 Å². The molecule has 3 rings (SSSR count). The van der Waals surface area contributed by atoms with Crippen LogP contribution in [0.15, 0.2) is 18.2 Å². The fourth-order valence-corrected chi connectivity index (χ4v) is 3.64. The summed E-state index contributed by atoms with van der Waals surface area (Å²) < 4.78 is 0.899. The molecule has 1 aromatic heterocycles. The molecule has 0 saturated carbocycles. The Kier molecular flexibility index (Phi) is 3.82. The Morgan fingerprint density at radius 2 is 1.85 bits per heavy atom. The molecule has 0 amide bonds. The minimum Gasteiger partial charge on any atom is -0.348 e. The highest BCUT2D eigenvalue weighted by Crippen LogP contribution is 2.32. The summed E-state index contributed by atoms with van der Waals surface area (Å²) in [4.78, 5) is 17.4. The minimum atomic E-state index is -0.352. The molecule has 0 spiro atoms. The van der Waals surface area contributed by atoms with Crippen molar-refractivity contribution < 1.29 is 4.92 Å². The van der Waals surface area contributed by atoms with Crippen LogP contribution in [-0.2, 0) is 0 Å². The van der Waals surface area contributed by atoms with E-state index in [-0.39, 0.29) is 10.6 Å². The van der Waals surface area contributed by atoms with Gasteiger partial charge >= 0.3 is 0 Å². The lowest BCUT2D eigenvalue weighted by Crippen LogP contribution is -2.26. The Morgan fingerprint density at radius 3 is 2.55 bits per heavy atom. The van der Waals surface area contributed by atoms with Crippen molar-refractivity contribution in [1.82, 2.24) is 4.98 Å². The number of anilines is 1. The van der Waals surface area contributed by atoms with E-state index in [2.05, 4.69) is 9.88 Å². The predicted octanol–water partition coefficient (Wildman–Crippen LogP) is 3.98. The van der Waals surface area contributed by atoms with Gasteiger partial charge in [-0.2, -0.15) is 0 Å². The topological polar surface area (TPSA) is 59.3 Å². The summed E-state index contributed by atoms with van der Waals surface area (Å²) in [6.45, 7) is 2.09. The number of benzene rings is 1. The average Bonchev–Trinajstić information content (AvgIpc) is 2.80. The molecule has 106 valence electrons. The van der Waals surface area contributed by atoms with Crippen LogP contribution in [0.1, 0.15) is 32.1 Å². The maximum atomic E-state index is 10.8. The number of hydrogen-bond acceptors (Lipinski definition) is 5. The largest absolute Gasteiger partial charge is 0.348 e. The van der Waals surface area contributed by atoms with Gasteiger partial charge in [0.2, 0.25) is 0 Å². The van der Waals surface area contributed by atoms with Crippen molar-refractivity contribution in [2.45, 2.75) is 32.1 Å². The van der Waals surface area contributed by atoms with Crippen molar-refractivity contribution in [2.75, 3.05) is 18.0 Å². The Balaban J connectivity index is 1.89. The molecule has 1 aliphatic heterocycles. The van der Waals surface area contributed by atoms with Crippen LogP contribution < -0.4 is 4.90 Å². The van der Waals surface area contributed by atoms with Crippen LogP contribution in [0.25, 0.3) is 10.2 Å². The highest BCUT2D eigenvalue weighted by atomic mass is 32.1. The lowest BCUT2D eigenvalue weighted by Gasteiger charge is -2.23. The van der Waals surface area contributed by atoms with Crippen molar-refractivity contribution in [3.63, 3.8) is 0 Å². The molecule has 0 N–H and O–H groups in total. The van der Waals surface area contributed by atoms with Crippen molar-refractivity contribution in [3.05, 3.63) is 28.3 Å². The number of nitro groups is 1. The van der Waals surface area contributed by atoms with Crippen molar-refractivity contribution in [3.8, 4) is 0 Å². The molecule has 5 nitrogen and oxygen atoms in total. The maximum Gasteiger partial charge on any atom is 0.270 e. The van der Waals surface area contributed by atoms with Crippen LogP contribution in [-0.4, -0.2) is 23.0 Å². The van der Waals surface area contributed by atoms with Gasteiger partial charge in [-0.15, -0.1) is 0 Å². The van der Waals surface area contributed by atoms with E-state index in [1.54, 1.807) is 23.5 Å². The monoisotopic (exact) mass is 291 g/mol. The van der Waals surface area contributed by atoms with Gasteiger partial charge in [-0.05, 0) is 18.9 Å². The lowest BCUT2D eigenvalue weighted by atomic mass is 10.1. The third-order valence-corrected chi connectivity index (χ3v) is 4.78. The first kappa shape index (κ1) is 13.3. The quantitative estimate of drug-likeness (QED) is 0.620. The van der Waals surface area contributed by atoms with Crippen molar-refractivity contribution in [1.29, 1.82) is 0 Å². The van der Waals surface area contributed by atoms with Gasteiger partial charge in [0, 0.05) is 25.2 Å². The highest BCUT2D eigenvalue weighted by Gasteiger charge is 2.15. The standard InChI is InChI=1S/C14H17N3O2S/c18-17(19)11-6-7-12-13(10-11)20-14(15-12)16-8-4-2-1-3-5-9-16/h6-7,10H,1-5,8-9H2. The van der Waals surface area contributed by atoms with Crippen LogP contribution in [0.2, 0.25) is 0 Å². The maximum absolute atomic E-state index is 10.8. The van der Waals surface area contributed by atoms with E-state index in [0.717, 1.165) is 28.4 Å². The molecule has 20 heavy (non-hydrogen) atoms. The second kappa shape index (κ2) is 5.75. The molecular formula is C14H17N3O2S. The Hall–Kier alpha value is -1.69. The summed E-state index contributed by atoms with van der Waals surface area (Å²) in [5, 5.41) is 11.8. The minimum absolute atomic E-state index is 0.139. The number of thiazole rings is 1. The van der Waals surface area contributed by atoms with E-state index >= 15 is 0 Å². The van der Waals surface area contributed by atoms with E-state index in [0.29, 0.717) is 0 Å². The number of hydrogen-bond donors (Lipinski definition) is 0. The molecule has 1 saturated heterocycles. The number of non-ortho nitro benzene ring substituents is 1. The third kappa shape index (κ3) is 2.75. The zero-order chi connectivity index (χ0) is 13.9. The normalized spacial score (nSPS) is 16.9. The SMILES string of the molecule is O=[N+]([O-])c1ccc2nc(N3CCCCCCC3)sc2c1. The van der Waals surface area contributed by atoms with Crippen molar-refractivity contribution in [2.24, 2.45) is 0 Å². The van der Waals surface area contributed by atoms with Crippen LogP contribution in [0.3, 0.4) is 0 Å². The first-order valence-electron chi connectivity index (χ1n) is 7.04. The molecule has 1 aliphatic rings. The van der Waals surface area contributed by atoms with Crippen LogP contribution >= 0.6 is 11.3 Å². The molecule has 2 aromatic rings. The van der Waals surface area contributed by atoms with Crippen molar-refractivity contribution >= 4 is 32.4 Å². The fraction of sp³-hybridized carbons (Fsp3) is 0.500. The van der Waals surface area contributed by atoms with E-state index < -0.39 is 0 Å². The summed E-state index contributed by atoms with van der Waals surface area (Å²) in [5.41, 5.74) is 0.998. The second-order valence-corrected chi connectivity index (χ2v) is 6.17. The third-order valence-electron chi connectivity index (χ3n) is 3.70. The zero-order valence-electron chi connectivity index (χ0n) is 11.2. The molecule has 1 aromatic carbocycles. The highest BCUT2D eigenvalue weighted by molar-refractivity contribution is 7.22. The Bertz CT molecular complexity index is 618. The smallest absolute Gasteiger partial charge is 0.270 e. The van der Waals surface area contributed by atoms with Crippen LogP contribution in [0, 0.1) is 10.1 Å². The van der Waals surface area contributed by atoms with Gasteiger partial charge in [0.05, 0.1) is 15.1 Å². The molecule has 0 bridgehead atoms. The molecule has 0 aliphatic carbocycles. The van der Waals surface area contributed by atoms with Crippen LogP contribution in [0.4, 0.5) is 10.8 Å². The van der Waals surface area contributed by atoms with Gasteiger partial charge in [-0.1, -0.05) is 30.6 Å². The van der Waals surface area contributed by atoms with Gasteiger partial charge in [0.15, 0.2) is 5.13 Å². The lowest BCUT2D eigenvalue weighted by molar-refractivity contribution is -0.384.